The monoisotopic (exact) mass is 364 g/mol. The van der Waals surface area contributed by atoms with Gasteiger partial charge in [0.05, 0.1) is 0 Å². The topological polar surface area (TPSA) is 25.8 Å². The number of rotatable bonds is 5. The van der Waals surface area contributed by atoms with E-state index in [1.807, 2.05) is 24.8 Å². The Bertz CT molecular complexity index is 1070. The van der Waals surface area contributed by atoms with Crippen LogP contribution in [0.5, 0.6) is 0 Å². The molecule has 4 aromatic rings. The van der Waals surface area contributed by atoms with Crippen LogP contribution in [-0.4, -0.2) is 9.97 Å². The number of pyridine rings is 2. The number of aryl methyl sites for hydroxylation is 2. The Labute approximate surface area is 167 Å². The summed E-state index contributed by atoms with van der Waals surface area (Å²) in [6.45, 7) is 4.43. The highest BCUT2D eigenvalue weighted by Crippen LogP contribution is 2.33. The van der Waals surface area contributed by atoms with E-state index in [9.17, 15) is 0 Å². The summed E-state index contributed by atoms with van der Waals surface area (Å²) in [6.07, 6.45) is 9.43. The second-order valence-corrected chi connectivity index (χ2v) is 6.97. The summed E-state index contributed by atoms with van der Waals surface area (Å²) >= 11 is 0. The van der Waals surface area contributed by atoms with Gasteiger partial charge in [0.25, 0.3) is 0 Å². The van der Waals surface area contributed by atoms with Gasteiger partial charge in [0.2, 0.25) is 0 Å². The normalized spacial score (nSPS) is 10.8. The molecule has 28 heavy (non-hydrogen) atoms. The molecule has 2 aromatic carbocycles. The minimum atomic E-state index is 1.01. The number of aromatic nitrogens is 2. The van der Waals surface area contributed by atoms with E-state index in [2.05, 4.69) is 84.5 Å². The molecule has 0 unspecified atom stereocenters. The lowest BCUT2D eigenvalue weighted by Gasteiger charge is -2.14. The molecule has 0 atom stereocenters. The molecule has 0 radical (unpaired) electrons. The predicted molar refractivity (Wildman–Crippen MR) is 117 cm³/mol. The molecule has 2 aromatic heterocycles. The van der Waals surface area contributed by atoms with Gasteiger partial charge in [0, 0.05) is 24.8 Å². The highest BCUT2D eigenvalue weighted by molar-refractivity contribution is 5.79. The number of hydrogen-bond acceptors (Lipinski definition) is 2. The number of nitrogens with zero attached hydrogens (tertiary/aromatic N) is 2. The zero-order valence-corrected chi connectivity index (χ0v) is 16.4. The molecule has 0 aliphatic heterocycles. The van der Waals surface area contributed by atoms with Crippen LogP contribution in [0.3, 0.4) is 0 Å². The Hall–Kier alpha value is -3.26. The van der Waals surface area contributed by atoms with Gasteiger partial charge in [-0.1, -0.05) is 38.1 Å². The van der Waals surface area contributed by atoms with Crippen molar-refractivity contribution in [3.63, 3.8) is 0 Å². The molecule has 0 spiro atoms. The van der Waals surface area contributed by atoms with Gasteiger partial charge in [-0.15, -0.1) is 0 Å². The summed E-state index contributed by atoms with van der Waals surface area (Å²) in [5, 5.41) is 0. The molecule has 0 amide bonds. The fraction of sp³-hybridized carbons (Fsp3) is 0.154. The molecular weight excluding hydrogens is 340 g/mol. The van der Waals surface area contributed by atoms with Crippen molar-refractivity contribution < 1.29 is 0 Å². The first-order valence-corrected chi connectivity index (χ1v) is 9.86. The molecule has 2 heteroatoms. The van der Waals surface area contributed by atoms with Gasteiger partial charge >= 0.3 is 0 Å². The average molecular weight is 364 g/mol. The van der Waals surface area contributed by atoms with Gasteiger partial charge in [-0.3, -0.25) is 9.97 Å². The Balaban J connectivity index is 1.88. The van der Waals surface area contributed by atoms with E-state index in [0.29, 0.717) is 0 Å². The van der Waals surface area contributed by atoms with Crippen molar-refractivity contribution in [2.24, 2.45) is 0 Å². The Morgan fingerprint density at radius 2 is 1.14 bits per heavy atom. The molecule has 0 saturated heterocycles. The van der Waals surface area contributed by atoms with Crippen molar-refractivity contribution in [1.82, 2.24) is 9.97 Å². The number of hydrogen-bond donors (Lipinski definition) is 0. The fourth-order valence-electron chi connectivity index (χ4n) is 3.64. The second kappa shape index (κ2) is 8.18. The third-order valence-electron chi connectivity index (χ3n) is 5.23. The maximum absolute atomic E-state index is 4.16. The van der Waals surface area contributed by atoms with Gasteiger partial charge in [-0.25, -0.2) is 0 Å². The minimum absolute atomic E-state index is 1.01. The molecule has 0 aliphatic carbocycles. The van der Waals surface area contributed by atoms with Gasteiger partial charge in [0.15, 0.2) is 0 Å². The van der Waals surface area contributed by atoms with Crippen molar-refractivity contribution in [1.29, 1.82) is 0 Å². The molecule has 0 aliphatic rings. The van der Waals surface area contributed by atoms with Crippen LogP contribution in [0.25, 0.3) is 33.4 Å². The molecule has 2 heterocycles. The van der Waals surface area contributed by atoms with Gasteiger partial charge in [-0.2, -0.15) is 0 Å². The van der Waals surface area contributed by atoms with E-state index in [1.165, 1.54) is 44.5 Å². The van der Waals surface area contributed by atoms with Crippen LogP contribution in [0.15, 0.2) is 85.5 Å². The summed E-state index contributed by atoms with van der Waals surface area (Å²) in [5.41, 5.74) is 10.2. The summed E-state index contributed by atoms with van der Waals surface area (Å²) in [5.74, 6) is 0. The summed E-state index contributed by atoms with van der Waals surface area (Å²) < 4.78 is 0. The third kappa shape index (κ3) is 3.72. The first kappa shape index (κ1) is 18.1. The van der Waals surface area contributed by atoms with Crippen LogP contribution in [0.1, 0.15) is 25.0 Å². The zero-order valence-electron chi connectivity index (χ0n) is 16.4. The highest BCUT2D eigenvalue weighted by Gasteiger charge is 2.10. The molecule has 0 bridgehead atoms. The van der Waals surface area contributed by atoms with E-state index in [1.54, 1.807) is 0 Å². The van der Waals surface area contributed by atoms with Crippen molar-refractivity contribution >= 4 is 0 Å². The van der Waals surface area contributed by atoms with E-state index < -0.39 is 0 Å². The average Bonchev–Trinajstić information content (AvgIpc) is 2.79. The van der Waals surface area contributed by atoms with Gasteiger partial charge in [-0.05, 0) is 93.7 Å². The molecule has 2 nitrogen and oxygen atoms in total. The Morgan fingerprint density at radius 1 is 0.536 bits per heavy atom. The lowest BCUT2D eigenvalue weighted by atomic mass is 9.90. The Morgan fingerprint density at radius 3 is 1.75 bits per heavy atom. The molecular formula is C26H24N2. The van der Waals surface area contributed by atoms with Crippen molar-refractivity contribution in [3.8, 4) is 33.4 Å². The van der Waals surface area contributed by atoms with Gasteiger partial charge < -0.3 is 0 Å². The smallest absolute Gasteiger partial charge is 0.0273 e. The number of benzene rings is 2. The zero-order chi connectivity index (χ0) is 19.3. The van der Waals surface area contributed by atoms with Crippen LogP contribution >= 0.6 is 0 Å². The van der Waals surface area contributed by atoms with Crippen molar-refractivity contribution in [2.45, 2.75) is 26.7 Å². The van der Waals surface area contributed by atoms with E-state index >= 15 is 0 Å². The van der Waals surface area contributed by atoms with Crippen LogP contribution in [0, 0.1) is 0 Å². The molecule has 0 saturated carbocycles. The third-order valence-corrected chi connectivity index (χ3v) is 5.23. The lowest BCUT2D eigenvalue weighted by Crippen LogP contribution is -1.93. The van der Waals surface area contributed by atoms with Gasteiger partial charge in [0.1, 0.15) is 0 Å². The fourth-order valence-corrected chi connectivity index (χ4v) is 3.64. The Kier molecular flexibility index (Phi) is 5.29. The minimum Gasteiger partial charge on any atom is -0.265 e. The molecule has 0 fully saturated rings. The molecule has 4 rings (SSSR count). The second-order valence-electron chi connectivity index (χ2n) is 6.97. The first-order chi connectivity index (χ1) is 13.8. The van der Waals surface area contributed by atoms with Crippen LogP contribution in [0.4, 0.5) is 0 Å². The maximum Gasteiger partial charge on any atom is 0.0273 e. The SMILES string of the molecule is CCc1cc(-c2ccncc2)cc(-c2cc(-c3ccncc3)ccc2CC)c1. The van der Waals surface area contributed by atoms with Crippen molar-refractivity contribution in [2.75, 3.05) is 0 Å². The lowest BCUT2D eigenvalue weighted by molar-refractivity contribution is 1.13. The quantitative estimate of drug-likeness (QED) is 0.398. The molecule has 138 valence electrons. The van der Waals surface area contributed by atoms with Crippen LogP contribution in [0.2, 0.25) is 0 Å². The first-order valence-electron chi connectivity index (χ1n) is 9.86. The largest absolute Gasteiger partial charge is 0.265 e. The summed E-state index contributed by atoms with van der Waals surface area (Å²) in [7, 11) is 0. The standard InChI is InChI=1S/C26H24N2/c1-3-19-15-24(22-9-13-28-14-10-22)17-25(16-19)26-18-23(6-5-20(26)4-2)21-7-11-27-12-8-21/h5-18H,3-4H2,1-2H3. The summed E-state index contributed by atoms with van der Waals surface area (Å²) in [4.78, 5) is 8.31. The summed E-state index contributed by atoms with van der Waals surface area (Å²) in [6, 6.07) is 22.0. The van der Waals surface area contributed by atoms with E-state index in [-0.39, 0.29) is 0 Å². The van der Waals surface area contributed by atoms with Crippen LogP contribution < -0.4 is 0 Å². The van der Waals surface area contributed by atoms with E-state index in [0.717, 1.165) is 12.8 Å². The van der Waals surface area contributed by atoms with Crippen LogP contribution in [-0.2, 0) is 12.8 Å². The predicted octanol–water partition coefficient (Wildman–Crippen LogP) is 6.60. The highest BCUT2D eigenvalue weighted by atomic mass is 14.6. The maximum atomic E-state index is 4.16. The van der Waals surface area contributed by atoms with Crippen molar-refractivity contribution in [3.05, 3.63) is 96.6 Å². The molecule has 0 N–H and O–H groups in total. The van der Waals surface area contributed by atoms with E-state index in [4.69, 9.17) is 0 Å².